The monoisotopic (exact) mass is 835 g/mol. The predicted molar refractivity (Wildman–Crippen MR) is 237 cm³/mol. The molecule has 15 heteroatoms. The third-order valence-corrected chi connectivity index (χ3v) is 12.6. The van der Waals surface area contributed by atoms with Crippen LogP contribution < -0.4 is 20.4 Å². The third-order valence-electron chi connectivity index (χ3n) is 12.6. The molecule has 62 heavy (non-hydrogen) atoms. The van der Waals surface area contributed by atoms with Crippen molar-refractivity contribution in [1.29, 1.82) is 0 Å². The molecule has 2 atom stereocenters. The number of piperidine rings is 1. The molecule has 4 amide bonds. The zero-order chi connectivity index (χ0) is 43.1. The Bertz CT molecular complexity index is 2610. The average Bonchev–Trinajstić information content (AvgIpc) is 4.05. The number of benzene rings is 2. The van der Waals surface area contributed by atoms with E-state index in [1.807, 2.05) is 65.1 Å². The van der Waals surface area contributed by atoms with E-state index in [-0.39, 0.29) is 29.3 Å². The predicted octanol–water partition coefficient (Wildman–Crippen LogP) is 7.32. The Morgan fingerprint density at radius 3 is 2.40 bits per heavy atom. The molecule has 0 radical (unpaired) electrons. The van der Waals surface area contributed by atoms with Gasteiger partial charge in [-0.05, 0) is 105 Å². The van der Waals surface area contributed by atoms with Gasteiger partial charge >= 0.3 is 17.8 Å². The fourth-order valence-corrected chi connectivity index (χ4v) is 9.03. The maximum atomic E-state index is 12.9. The summed E-state index contributed by atoms with van der Waals surface area (Å²) in [5.74, 6) is 0.875. The van der Waals surface area contributed by atoms with Crippen LogP contribution >= 0.6 is 0 Å². The number of likely N-dealkylation sites (tertiary alicyclic amines) is 1. The third kappa shape index (κ3) is 8.53. The van der Waals surface area contributed by atoms with E-state index in [1.54, 1.807) is 11.2 Å². The second-order valence-corrected chi connectivity index (χ2v) is 18.0. The molecule has 2 aromatic carbocycles. The van der Waals surface area contributed by atoms with Gasteiger partial charge in [0, 0.05) is 96.0 Å². The van der Waals surface area contributed by atoms with Gasteiger partial charge in [-0.15, -0.1) is 0 Å². The first-order chi connectivity index (χ1) is 29.9. The van der Waals surface area contributed by atoms with Crippen LogP contribution in [0.4, 0.5) is 16.2 Å². The molecular weight excluding hydrogens is 783 g/mol. The highest BCUT2D eigenvalue weighted by molar-refractivity contribution is 6.05. The summed E-state index contributed by atoms with van der Waals surface area (Å²) in [6.45, 7) is 15.5. The number of hydrogen-bond donors (Lipinski definition) is 3. The minimum atomic E-state index is -0.410. The van der Waals surface area contributed by atoms with Crippen molar-refractivity contribution in [3.05, 3.63) is 102 Å². The van der Waals surface area contributed by atoms with E-state index in [9.17, 15) is 14.4 Å². The smallest absolute Gasteiger partial charge is 0.328 e. The molecule has 7 heterocycles. The van der Waals surface area contributed by atoms with Crippen LogP contribution in [0.15, 0.2) is 77.7 Å². The number of urea groups is 1. The van der Waals surface area contributed by atoms with Gasteiger partial charge in [-0.3, -0.25) is 24.8 Å². The number of amides is 4. The molecule has 9 rings (SSSR count). The Labute approximate surface area is 360 Å². The van der Waals surface area contributed by atoms with Crippen LogP contribution in [0.1, 0.15) is 98.7 Å². The number of nitrogens with zero attached hydrogens (tertiary/aromatic N) is 8. The van der Waals surface area contributed by atoms with Gasteiger partial charge in [0.1, 0.15) is 12.0 Å². The molecule has 4 aromatic heterocycles. The number of rotatable bonds is 10. The molecule has 6 aromatic rings. The van der Waals surface area contributed by atoms with E-state index < -0.39 is 5.91 Å². The largest absolute Gasteiger partial charge is 0.372 e. The second kappa shape index (κ2) is 16.8. The van der Waals surface area contributed by atoms with Crippen LogP contribution in [0.3, 0.4) is 0 Å². The Balaban J connectivity index is 0.786. The number of pyridine rings is 1. The van der Waals surface area contributed by atoms with E-state index in [1.165, 1.54) is 5.69 Å². The Morgan fingerprint density at radius 1 is 0.919 bits per heavy atom. The van der Waals surface area contributed by atoms with Crippen molar-refractivity contribution in [3.63, 3.8) is 0 Å². The maximum Gasteiger partial charge on any atom is 0.328 e. The van der Waals surface area contributed by atoms with Crippen molar-refractivity contribution in [2.45, 2.75) is 77.7 Å². The molecule has 3 fully saturated rings. The van der Waals surface area contributed by atoms with Crippen molar-refractivity contribution in [2.24, 2.45) is 5.92 Å². The zero-order valence-electron chi connectivity index (χ0n) is 35.9. The van der Waals surface area contributed by atoms with Gasteiger partial charge in [-0.2, -0.15) is 4.98 Å². The lowest BCUT2D eigenvalue weighted by Gasteiger charge is -2.35. The highest BCUT2D eigenvalue weighted by atomic mass is 16.5. The SMILES string of the molecule is Cc1cc(-c2ncnc3[nH]c(-c4ccc(C5CCN(CC6CCN(c7ccc(N8CCC(=O)NC8=O)cc7)CC6)C5)nc4)cc23)ccc1C(C)NC(=O)c1nc(C(C)(C)C)no1. The van der Waals surface area contributed by atoms with Crippen molar-refractivity contribution < 1.29 is 18.9 Å². The molecule has 3 N–H and O–H groups in total. The molecular formula is C47H53N11O4. The molecule has 0 bridgehead atoms. The Hall–Kier alpha value is -6.48. The van der Waals surface area contributed by atoms with Gasteiger partial charge in [0.15, 0.2) is 5.82 Å². The lowest BCUT2D eigenvalue weighted by atomic mass is 9.95. The van der Waals surface area contributed by atoms with Crippen molar-refractivity contribution >= 4 is 40.3 Å². The van der Waals surface area contributed by atoms with E-state index in [4.69, 9.17) is 14.5 Å². The summed E-state index contributed by atoms with van der Waals surface area (Å²) in [6, 6.07) is 20.1. The number of hydrogen-bond acceptors (Lipinski definition) is 11. The number of carbonyl (C=O) groups excluding carboxylic acids is 3. The summed E-state index contributed by atoms with van der Waals surface area (Å²) in [5.41, 5.74) is 9.24. The minimum Gasteiger partial charge on any atom is -0.372 e. The number of imide groups is 1. The fraction of sp³-hybridized carbons (Fsp3) is 0.404. The summed E-state index contributed by atoms with van der Waals surface area (Å²) >= 11 is 0. The second-order valence-electron chi connectivity index (χ2n) is 18.0. The average molecular weight is 836 g/mol. The summed E-state index contributed by atoms with van der Waals surface area (Å²) in [5, 5.41) is 10.3. The molecule has 15 nitrogen and oxygen atoms in total. The minimum absolute atomic E-state index is 0.0488. The van der Waals surface area contributed by atoms with Crippen LogP contribution in [-0.4, -0.2) is 92.1 Å². The van der Waals surface area contributed by atoms with E-state index >= 15 is 0 Å². The lowest BCUT2D eigenvalue weighted by Crippen LogP contribution is -2.49. The van der Waals surface area contributed by atoms with Gasteiger partial charge in [0.2, 0.25) is 5.91 Å². The number of nitrogens with one attached hydrogen (secondary N) is 3. The summed E-state index contributed by atoms with van der Waals surface area (Å²) < 4.78 is 5.25. The molecule has 0 aliphatic carbocycles. The van der Waals surface area contributed by atoms with Crippen LogP contribution in [0.5, 0.6) is 0 Å². The first-order valence-corrected chi connectivity index (χ1v) is 21.6. The normalized spacial score (nSPS) is 18.4. The topological polar surface area (TPSA) is 178 Å². The van der Waals surface area contributed by atoms with E-state index in [0.29, 0.717) is 30.6 Å². The van der Waals surface area contributed by atoms with Gasteiger partial charge in [-0.1, -0.05) is 38.1 Å². The highest BCUT2D eigenvalue weighted by Crippen LogP contribution is 2.34. The number of aromatic nitrogens is 6. The van der Waals surface area contributed by atoms with Gasteiger partial charge < -0.3 is 24.6 Å². The van der Waals surface area contributed by atoms with Crippen molar-refractivity contribution in [1.82, 2.24) is 45.6 Å². The molecule has 3 aliphatic heterocycles. The van der Waals surface area contributed by atoms with Crippen LogP contribution in [0, 0.1) is 12.8 Å². The highest BCUT2D eigenvalue weighted by Gasteiger charge is 2.30. The van der Waals surface area contributed by atoms with Gasteiger partial charge in [0.05, 0.1) is 11.7 Å². The quantitative estimate of drug-likeness (QED) is 0.126. The zero-order valence-corrected chi connectivity index (χ0v) is 35.9. The summed E-state index contributed by atoms with van der Waals surface area (Å²) in [7, 11) is 0. The van der Waals surface area contributed by atoms with Crippen LogP contribution in [-0.2, 0) is 10.2 Å². The Morgan fingerprint density at radius 2 is 1.69 bits per heavy atom. The molecule has 320 valence electrons. The van der Waals surface area contributed by atoms with Crippen LogP contribution in [0.2, 0.25) is 0 Å². The van der Waals surface area contributed by atoms with Gasteiger partial charge in [-0.25, -0.2) is 14.8 Å². The van der Waals surface area contributed by atoms with Crippen molar-refractivity contribution in [2.75, 3.05) is 49.1 Å². The van der Waals surface area contributed by atoms with E-state index in [2.05, 4.69) is 76.9 Å². The number of carbonyl (C=O) groups is 3. The van der Waals surface area contributed by atoms with Gasteiger partial charge in [0.25, 0.3) is 0 Å². The van der Waals surface area contributed by atoms with Crippen LogP contribution in [0.25, 0.3) is 33.5 Å². The van der Waals surface area contributed by atoms with E-state index in [0.717, 1.165) is 108 Å². The molecule has 0 spiro atoms. The standard InChI is InChI=1S/C47H53N11O4/c1-28-22-31(6-12-36(28)29(2)51-43(60)44-54-45(55-62-44)47(3,4)5)41-37-23-39(52-42(37)50-27-49-41)32-7-13-38(48-24-32)33-16-18-56(26-33)25-30-14-19-57(20-15-30)34-8-10-35(11-9-34)58-21-17-40(59)53-46(58)61/h6-13,22-24,27,29-30,33H,14-21,25-26H2,1-5H3,(H,51,60)(H,49,50,52)(H,53,59,61). The number of anilines is 2. The molecule has 2 unspecified atom stereocenters. The summed E-state index contributed by atoms with van der Waals surface area (Å²) in [4.78, 5) is 65.4. The maximum absolute atomic E-state index is 12.9. The number of fused-ring (bicyclic) bond motifs is 1. The lowest BCUT2D eigenvalue weighted by molar-refractivity contribution is -0.120. The number of H-pyrrole nitrogens is 1. The first kappa shape index (κ1) is 40.9. The Kier molecular flexibility index (Phi) is 11.1. The number of aromatic amines is 1. The van der Waals surface area contributed by atoms with Crippen molar-refractivity contribution in [3.8, 4) is 22.5 Å². The molecule has 0 saturated carbocycles. The fourth-order valence-electron chi connectivity index (χ4n) is 9.03. The number of aryl methyl sites for hydroxylation is 1. The first-order valence-electron chi connectivity index (χ1n) is 21.6. The summed E-state index contributed by atoms with van der Waals surface area (Å²) in [6.07, 6.45) is 7.27. The molecule has 3 saturated heterocycles. The molecule has 3 aliphatic rings.